The first-order valence-electron chi connectivity index (χ1n) is 6.29. The van der Waals surface area contributed by atoms with Gasteiger partial charge in [-0.25, -0.2) is 0 Å². The van der Waals surface area contributed by atoms with Crippen LogP contribution >= 0.6 is 11.6 Å². The molecule has 0 bridgehead atoms. The topological polar surface area (TPSA) is 58.9 Å². The highest BCUT2D eigenvalue weighted by molar-refractivity contribution is 6.30. The van der Waals surface area contributed by atoms with E-state index in [1.54, 1.807) is 6.07 Å². The molecule has 0 saturated heterocycles. The summed E-state index contributed by atoms with van der Waals surface area (Å²) in [5.74, 6) is 0. The standard InChI is InChI=1S/C16H13ClN2O/c17-12-3-1-2-10(6-12)11-4-5-15-14(7-11)16(20)8-13(9-18)19-15/h1-8H,9,18H2,(H,19,20). The third-order valence-corrected chi connectivity index (χ3v) is 3.50. The first-order chi connectivity index (χ1) is 9.67. The number of aromatic amines is 1. The molecule has 1 heterocycles. The number of nitrogens with one attached hydrogen (secondary N) is 1. The Morgan fingerprint density at radius 2 is 1.85 bits per heavy atom. The number of hydrogen-bond donors (Lipinski definition) is 2. The molecule has 0 aliphatic heterocycles. The second-order valence-electron chi connectivity index (χ2n) is 4.63. The van der Waals surface area contributed by atoms with Gasteiger partial charge in [0.2, 0.25) is 0 Å². The molecule has 3 nitrogen and oxygen atoms in total. The molecule has 20 heavy (non-hydrogen) atoms. The predicted octanol–water partition coefficient (Wildman–Crippen LogP) is 3.31. The SMILES string of the molecule is NCc1cc(=O)c2cc(-c3cccc(Cl)c3)ccc2[nH]1. The Bertz CT molecular complexity index is 839. The van der Waals surface area contributed by atoms with Crippen molar-refractivity contribution in [1.29, 1.82) is 0 Å². The van der Waals surface area contributed by atoms with Gasteiger partial charge in [-0.3, -0.25) is 4.79 Å². The lowest BCUT2D eigenvalue weighted by Gasteiger charge is -2.06. The fraction of sp³-hybridized carbons (Fsp3) is 0.0625. The molecular formula is C16H13ClN2O. The van der Waals surface area contributed by atoms with Crippen LogP contribution in [-0.4, -0.2) is 4.98 Å². The zero-order valence-corrected chi connectivity index (χ0v) is 11.4. The van der Waals surface area contributed by atoms with Gasteiger partial charge in [0.1, 0.15) is 0 Å². The zero-order valence-electron chi connectivity index (χ0n) is 10.7. The average Bonchev–Trinajstić information content (AvgIpc) is 2.46. The van der Waals surface area contributed by atoms with Crippen molar-refractivity contribution in [2.75, 3.05) is 0 Å². The van der Waals surface area contributed by atoms with Crippen LogP contribution in [0.25, 0.3) is 22.0 Å². The predicted molar refractivity (Wildman–Crippen MR) is 82.9 cm³/mol. The smallest absolute Gasteiger partial charge is 0.189 e. The highest BCUT2D eigenvalue weighted by Crippen LogP contribution is 2.24. The van der Waals surface area contributed by atoms with Gasteiger partial charge in [0.15, 0.2) is 5.43 Å². The van der Waals surface area contributed by atoms with Crippen molar-refractivity contribution in [2.45, 2.75) is 6.54 Å². The first-order valence-corrected chi connectivity index (χ1v) is 6.67. The quantitative estimate of drug-likeness (QED) is 0.758. The Morgan fingerprint density at radius 1 is 1.05 bits per heavy atom. The van der Waals surface area contributed by atoms with Crippen LogP contribution in [0.3, 0.4) is 0 Å². The Kier molecular flexibility index (Phi) is 3.30. The maximum Gasteiger partial charge on any atom is 0.189 e. The maximum atomic E-state index is 12.1. The molecule has 1 aromatic heterocycles. The van der Waals surface area contributed by atoms with Crippen molar-refractivity contribution < 1.29 is 0 Å². The summed E-state index contributed by atoms with van der Waals surface area (Å²) in [6.45, 7) is 0.321. The van der Waals surface area contributed by atoms with Gasteiger partial charge in [-0.05, 0) is 35.4 Å². The lowest BCUT2D eigenvalue weighted by Crippen LogP contribution is -2.08. The third-order valence-electron chi connectivity index (χ3n) is 3.26. The normalized spacial score (nSPS) is 10.9. The number of H-pyrrole nitrogens is 1. The lowest BCUT2D eigenvalue weighted by atomic mass is 10.0. The molecule has 0 amide bonds. The number of benzene rings is 2. The second kappa shape index (κ2) is 5.12. The van der Waals surface area contributed by atoms with Crippen LogP contribution in [0.5, 0.6) is 0 Å². The summed E-state index contributed by atoms with van der Waals surface area (Å²) in [5, 5.41) is 1.33. The summed E-state index contributed by atoms with van der Waals surface area (Å²) >= 11 is 6.00. The van der Waals surface area contributed by atoms with E-state index in [1.807, 2.05) is 42.5 Å². The number of fused-ring (bicyclic) bond motifs is 1. The molecule has 0 aliphatic rings. The van der Waals surface area contributed by atoms with E-state index in [0.717, 1.165) is 22.3 Å². The molecule has 0 radical (unpaired) electrons. The van der Waals surface area contributed by atoms with Crippen molar-refractivity contribution in [2.24, 2.45) is 5.73 Å². The van der Waals surface area contributed by atoms with Crippen LogP contribution in [0.1, 0.15) is 5.69 Å². The van der Waals surface area contributed by atoms with Crippen LogP contribution in [0.15, 0.2) is 53.3 Å². The summed E-state index contributed by atoms with van der Waals surface area (Å²) in [6, 6.07) is 14.8. The number of rotatable bonds is 2. The molecule has 0 saturated carbocycles. The lowest BCUT2D eigenvalue weighted by molar-refractivity contribution is 1.00. The number of pyridine rings is 1. The maximum absolute atomic E-state index is 12.1. The van der Waals surface area contributed by atoms with Gasteiger partial charge in [0.25, 0.3) is 0 Å². The van der Waals surface area contributed by atoms with E-state index < -0.39 is 0 Å². The van der Waals surface area contributed by atoms with E-state index in [2.05, 4.69) is 4.98 Å². The van der Waals surface area contributed by atoms with Crippen LogP contribution in [0.4, 0.5) is 0 Å². The minimum absolute atomic E-state index is 0.0249. The monoisotopic (exact) mass is 284 g/mol. The number of aromatic nitrogens is 1. The van der Waals surface area contributed by atoms with E-state index in [9.17, 15) is 4.79 Å². The van der Waals surface area contributed by atoms with E-state index >= 15 is 0 Å². The van der Waals surface area contributed by atoms with Gasteiger partial charge in [-0.15, -0.1) is 0 Å². The Hall–Kier alpha value is -2.10. The third kappa shape index (κ3) is 2.33. The molecule has 100 valence electrons. The summed E-state index contributed by atoms with van der Waals surface area (Å²) in [6.07, 6.45) is 0. The van der Waals surface area contributed by atoms with Crippen LogP contribution in [0.2, 0.25) is 5.02 Å². The van der Waals surface area contributed by atoms with Crippen molar-refractivity contribution in [3.8, 4) is 11.1 Å². The molecule has 0 atom stereocenters. The molecule has 3 aromatic rings. The molecule has 2 aromatic carbocycles. The largest absolute Gasteiger partial charge is 0.357 e. The van der Waals surface area contributed by atoms with Crippen LogP contribution in [-0.2, 0) is 6.54 Å². The molecule has 3 N–H and O–H groups in total. The van der Waals surface area contributed by atoms with Gasteiger partial charge in [-0.1, -0.05) is 29.8 Å². The van der Waals surface area contributed by atoms with Crippen molar-refractivity contribution >= 4 is 22.5 Å². The fourth-order valence-corrected chi connectivity index (χ4v) is 2.45. The van der Waals surface area contributed by atoms with Crippen LogP contribution < -0.4 is 11.2 Å². The van der Waals surface area contributed by atoms with E-state index in [-0.39, 0.29) is 5.43 Å². The van der Waals surface area contributed by atoms with E-state index in [0.29, 0.717) is 17.0 Å². The fourth-order valence-electron chi connectivity index (χ4n) is 2.26. The number of hydrogen-bond acceptors (Lipinski definition) is 2. The second-order valence-corrected chi connectivity index (χ2v) is 5.07. The van der Waals surface area contributed by atoms with E-state index in [1.165, 1.54) is 0 Å². The number of nitrogens with two attached hydrogens (primary N) is 1. The van der Waals surface area contributed by atoms with Gasteiger partial charge in [0.05, 0.1) is 0 Å². The Morgan fingerprint density at radius 3 is 2.60 bits per heavy atom. The van der Waals surface area contributed by atoms with Gasteiger partial charge >= 0.3 is 0 Å². The van der Waals surface area contributed by atoms with Crippen molar-refractivity contribution in [1.82, 2.24) is 4.98 Å². The summed E-state index contributed by atoms with van der Waals surface area (Å²) in [5.41, 5.74) is 9.02. The zero-order chi connectivity index (χ0) is 14.1. The van der Waals surface area contributed by atoms with Crippen molar-refractivity contribution in [3.05, 3.63) is 69.5 Å². The molecular weight excluding hydrogens is 272 g/mol. The van der Waals surface area contributed by atoms with Gasteiger partial charge < -0.3 is 10.7 Å². The number of halogens is 1. The molecule has 0 unspecified atom stereocenters. The van der Waals surface area contributed by atoms with Gasteiger partial charge in [0, 0.05) is 34.2 Å². The minimum atomic E-state index is -0.0249. The summed E-state index contributed by atoms with van der Waals surface area (Å²) in [4.78, 5) is 15.3. The molecule has 3 rings (SSSR count). The molecule has 0 aliphatic carbocycles. The van der Waals surface area contributed by atoms with Crippen molar-refractivity contribution in [3.63, 3.8) is 0 Å². The molecule has 4 heteroatoms. The first kappa shape index (κ1) is 12.9. The minimum Gasteiger partial charge on any atom is -0.357 e. The summed E-state index contributed by atoms with van der Waals surface area (Å²) < 4.78 is 0. The Labute approximate surface area is 121 Å². The Balaban J connectivity index is 2.21. The molecule has 0 fully saturated rings. The highest BCUT2D eigenvalue weighted by Gasteiger charge is 2.05. The average molecular weight is 285 g/mol. The summed E-state index contributed by atoms with van der Waals surface area (Å²) in [7, 11) is 0. The molecule has 0 spiro atoms. The van der Waals surface area contributed by atoms with Crippen LogP contribution in [0, 0.1) is 0 Å². The highest BCUT2D eigenvalue weighted by atomic mass is 35.5. The van der Waals surface area contributed by atoms with E-state index in [4.69, 9.17) is 17.3 Å². The van der Waals surface area contributed by atoms with Gasteiger partial charge in [-0.2, -0.15) is 0 Å².